The molecular weight excluding hydrogens is 334 g/mol. The lowest BCUT2D eigenvalue weighted by atomic mass is 9.98. The van der Waals surface area contributed by atoms with E-state index in [1.54, 1.807) is 0 Å². The predicted octanol–water partition coefficient (Wildman–Crippen LogP) is 6.26. The van der Waals surface area contributed by atoms with E-state index in [1.165, 1.54) is 29.5 Å². The molecule has 3 heteroatoms. The van der Waals surface area contributed by atoms with E-state index in [-0.39, 0.29) is 5.91 Å². The predicted molar refractivity (Wildman–Crippen MR) is 114 cm³/mol. The van der Waals surface area contributed by atoms with Crippen molar-refractivity contribution in [3.05, 3.63) is 59.2 Å². The van der Waals surface area contributed by atoms with Crippen LogP contribution in [0.4, 0.5) is 5.69 Å². The Morgan fingerprint density at radius 3 is 2.44 bits per heavy atom. The number of nitrogens with one attached hydrogen (secondary N) is 1. The van der Waals surface area contributed by atoms with Gasteiger partial charge in [-0.25, -0.2) is 0 Å². The monoisotopic (exact) mass is 367 g/mol. The van der Waals surface area contributed by atoms with Gasteiger partial charge in [0.2, 0.25) is 5.91 Å². The average Bonchev–Trinajstić information content (AvgIpc) is 2.64. The number of anilines is 1. The maximum Gasteiger partial charge on any atom is 0.224 e. The Balaban J connectivity index is 1.71. The molecule has 0 atom stereocenters. The first-order valence-electron chi connectivity index (χ1n) is 10.1. The van der Waals surface area contributed by atoms with Crippen LogP contribution in [-0.4, -0.2) is 12.5 Å². The van der Waals surface area contributed by atoms with E-state index in [2.05, 4.69) is 57.3 Å². The summed E-state index contributed by atoms with van der Waals surface area (Å²) in [5.41, 5.74) is 4.79. The number of carbonyl (C=O) groups is 1. The lowest BCUT2D eigenvalue weighted by Gasteiger charge is -2.12. The summed E-state index contributed by atoms with van der Waals surface area (Å²) in [4.78, 5) is 12.1. The fraction of sp³-hybridized carbons (Fsp3) is 0.458. The molecule has 3 nitrogen and oxygen atoms in total. The van der Waals surface area contributed by atoms with Crippen LogP contribution in [0.5, 0.6) is 5.75 Å². The molecule has 0 radical (unpaired) electrons. The highest BCUT2D eigenvalue weighted by molar-refractivity contribution is 5.90. The lowest BCUT2D eigenvalue weighted by molar-refractivity contribution is -0.116. The van der Waals surface area contributed by atoms with Gasteiger partial charge in [0.05, 0.1) is 6.61 Å². The van der Waals surface area contributed by atoms with Gasteiger partial charge in [0.15, 0.2) is 0 Å². The number of amides is 1. The number of unbranched alkanes of at least 4 members (excludes halogenated alkanes) is 1. The van der Waals surface area contributed by atoms with Crippen LogP contribution in [0.3, 0.4) is 0 Å². The molecule has 0 aromatic heterocycles. The van der Waals surface area contributed by atoms with E-state index in [0.717, 1.165) is 17.9 Å². The standard InChI is InChI=1S/C24H33NO2/c1-5-6-8-20-10-12-21(13-11-20)25-24(26)9-7-16-27-22-14-15-23(18(2)3)19(4)17-22/h10-15,17-18H,5-9,16H2,1-4H3,(H,25,26). The van der Waals surface area contributed by atoms with Crippen LogP contribution >= 0.6 is 0 Å². The molecule has 0 fully saturated rings. The Hall–Kier alpha value is -2.29. The zero-order valence-electron chi connectivity index (χ0n) is 17.2. The van der Waals surface area contributed by atoms with Gasteiger partial charge in [-0.15, -0.1) is 0 Å². The normalized spacial score (nSPS) is 10.9. The molecule has 0 aliphatic carbocycles. The Labute approximate surface area is 164 Å². The Kier molecular flexibility index (Phi) is 8.38. The number of benzene rings is 2. The third kappa shape index (κ3) is 7.09. The van der Waals surface area contributed by atoms with E-state index < -0.39 is 0 Å². The molecule has 1 N–H and O–H groups in total. The van der Waals surface area contributed by atoms with Crippen molar-refractivity contribution in [3.8, 4) is 5.75 Å². The minimum absolute atomic E-state index is 0.0336. The van der Waals surface area contributed by atoms with E-state index >= 15 is 0 Å². The third-order valence-electron chi connectivity index (χ3n) is 4.74. The van der Waals surface area contributed by atoms with Gasteiger partial charge in [0, 0.05) is 12.1 Å². The first-order valence-corrected chi connectivity index (χ1v) is 10.1. The van der Waals surface area contributed by atoms with Crippen LogP contribution < -0.4 is 10.1 Å². The second kappa shape index (κ2) is 10.8. The number of ether oxygens (including phenoxy) is 1. The van der Waals surface area contributed by atoms with Gasteiger partial charge < -0.3 is 10.1 Å². The summed E-state index contributed by atoms with van der Waals surface area (Å²) in [6.45, 7) is 9.24. The van der Waals surface area contributed by atoms with Crippen molar-refractivity contribution in [2.75, 3.05) is 11.9 Å². The van der Waals surface area contributed by atoms with Crippen molar-refractivity contribution in [1.29, 1.82) is 0 Å². The SMILES string of the molecule is CCCCc1ccc(NC(=O)CCCOc2ccc(C(C)C)c(C)c2)cc1. The fourth-order valence-corrected chi connectivity index (χ4v) is 3.17. The highest BCUT2D eigenvalue weighted by Crippen LogP contribution is 2.23. The van der Waals surface area contributed by atoms with Crippen molar-refractivity contribution in [2.45, 2.75) is 65.7 Å². The van der Waals surface area contributed by atoms with Crippen LogP contribution in [0.15, 0.2) is 42.5 Å². The minimum Gasteiger partial charge on any atom is -0.494 e. The quantitative estimate of drug-likeness (QED) is 0.503. The molecule has 0 saturated carbocycles. The number of hydrogen-bond acceptors (Lipinski definition) is 2. The van der Waals surface area contributed by atoms with Crippen molar-refractivity contribution in [2.24, 2.45) is 0 Å². The maximum absolute atomic E-state index is 12.1. The topological polar surface area (TPSA) is 38.3 Å². The third-order valence-corrected chi connectivity index (χ3v) is 4.74. The number of hydrogen-bond donors (Lipinski definition) is 1. The Morgan fingerprint density at radius 2 is 1.81 bits per heavy atom. The van der Waals surface area contributed by atoms with Crippen LogP contribution in [0.25, 0.3) is 0 Å². The summed E-state index contributed by atoms with van der Waals surface area (Å²) < 4.78 is 5.80. The van der Waals surface area contributed by atoms with Gasteiger partial charge in [0.1, 0.15) is 5.75 Å². The van der Waals surface area contributed by atoms with Gasteiger partial charge >= 0.3 is 0 Å². The summed E-state index contributed by atoms with van der Waals surface area (Å²) in [6, 6.07) is 14.4. The van der Waals surface area contributed by atoms with Crippen molar-refractivity contribution < 1.29 is 9.53 Å². The Morgan fingerprint density at radius 1 is 1.07 bits per heavy atom. The lowest BCUT2D eigenvalue weighted by Crippen LogP contribution is -2.12. The molecule has 0 unspecified atom stereocenters. The molecule has 146 valence electrons. The van der Waals surface area contributed by atoms with E-state index in [0.29, 0.717) is 25.4 Å². The van der Waals surface area contributed by atoms with Gasteiger partial charge in [0.25, 0.3) is 0 Å². The van der Waals surface area contributed by atoms with Gasteiger partial charge in [-0.1, -0.05) is 45.4 Å². The molecule has 2 aromatic carbocycles. The molecule has 0 spiro atoms. The number of rotatable bonds is 10. The largest absolute Gasteiger partial charge is 0.494 e. The zero-order valence-corrected chi connectivity index (χ0v) is 17.2. The summed E-state index contributed by atoms with van der Waals surface area (Å²) in [5.74, 6) is 1.43. The van der Waals surface area contributed by atoms with E-state index in [9.17, 15) is 4.79 Å². The molecule has 0 bridgehead atoms. The molecule has 0 saturated heterocycles. The zero-order chi connectivity index (χ0) is 19.6. The molecule has 27 heavy (non-hydrogen) atoms. The summed E-state index contributed by atoms with van der Waals surface area (Å²) >= 11 is 0. The van der Waals surface area contributed by atoms with Gasteiger partial charge in [-0.2, -0.15) is 0 Å². The van der Waals surface area contributed by atoms with Gasteiger partial charge in [-0.05, 0) is 73.1 Å². The van der Waals surface area contributed by atoms with Crippen LogP contribution in [0.2, 0.25) is 0 Å². The minimum atomic E-state index is 0.0336. The van der Waals surface area contributed by atoms with E-state index in [4.69, 9.17) is 4.74 Å². The van der Waals surface area contributed by atoms with Crippen molar-refractivity contribution in [1.82, 2.24) is 0 Å². The first-order chi connectivity index (χ1) is 13.0. The van der Waals surface area contributed by atoms with Crippen molar-refractivity contribution >= 4 is 11.6 Å². The van der Waals surface area contributed by atoms with Crippen LogP contribution in [-0.2, 0) is 11.2 Å². The fourth-order valence-electron chi connectivity index (χ4n) is 3.17. The van der Waals surface area contributed by atoms with Gasteiger partial charge in [-0.3, -0.25) is 4.79 Å². The second-order valence-electron chi connectivity index (χ2n) is 7.47. The van der Waals surface area contributed by atoms with Crippen LogP contribution in [0, 0.1) is 6.92 Å². The average molecular weight is 368 g/mol. The maximum atomic E-state index is 12.1. The molecule has 0 aliphatic heterocycles. The summed E-state index contributed by atoms with van der Waals surface area (Å²) in [5, 5.41) is 2.96. The molecule has 2 aromatic rings. The Bertz CT molecular complexity index is 720. The highest BCUT2D eigenvalue weighted by atomic mass is 16.5. The highest BCUT2D eigenvalue weighted by Gasteiger charge is 2.06. The summed E-state index contributed by atoms with van der Waals surface area (Å²) in [6.07, 6.45) is 4.65. The molecule has 0 aliphatic rings. The molecule has 2 rings (SSSR count). The van der Waals surface area contributed by atoms with E-state index in [1.807, 2.05) is 18.2 Å². The van der Waals surface area contributed by atoms with Crippen LogP contribution in [0.1, 0.15) is 69.1 Å². The first kappa shape index (κ1) is 21.0. The summed E-state index contributed by atoms with van der Waals surface area (Å²) in [7, 11) is 0. The van der Waals surface area contributed by atoms with Crippen molar-refractivity contribution in [3.63, 3.8) is 0 Å². The second-order valence-corrected chi connectivity index (χ2v) is 7.47. The molecular formula is C24H33NO2. The molecule has 0 heterocycles. The number of carbonyl (C=O) groups excluding carboxylic acids is 1. The smallest absolute Gasteiger partial charge is 0.224 e. The molecule has 1 amide bonds. The number of aryl methyl sites for hydroxylation is 2.